The minimum atomic E-state index is -0.393. The van der Waals surface area contributed by atoms with E-state index in [4.69, 9.17) is 5.73 Å². The van der Waals surface area contributed by atoms with Gasteiger partial charge in [0, 0.05) is 13.6 Å². The molecule has 1 aromatic rings. The zero-order valence-electron chi connectivity index (χ0n) is 10.3. The fourth-order valence-electron chi connectivity index (χ4n) is 1.81. The second-order valence-corrected chi connectivity index (χ2v) is 4.07. The molecule has 0 saturated heterocycles. The van der Waals surface area contributed by atoms with Crippen LogP contribution in [0.25, 0.3) is 0 Å². The third-order valence-electron chi connectivity index (χ3n) is 2.82. The van der Waals surface area contributed by atoms with Crippen molar-refractivity contribution in [1.82, 2.24) is 0 Å². The molecule has 1 rings (SSSR count). The van der Waals surface area contributed by atoms with Gasteiger partial charge in [0.1, 0.15) is 5.82 Å². The number of carbonyl (C=O) groups is 1. The Morgan fingerprint density at radius 1 is 1.47 bits per heavy atom. The van der Waals surface area contributed by atoms with Crippen LogP contribution < -0.4 is 10.6 Å². The predicted octanol–water partition coefficient (Wildman–Crippen LogP) is 2.16. The van der Waals surface area contributed by atoms with E-state index in [1.807, 2.05) is 6.92 Å². The van der Waals surface area contributed by atoms with Crippen molar-refractivity contribution in [2.24, 2.45) is 11.7 Å². The Morgan fingerprint density at radius 2 is 2.12 bits per heavy atom. The molecule has 0 bridgehead atoms. The number of halogens is 1. The van der Waals surface area contributed by atoms with E-state index in [0.717, 1.165) is 12.8 Å². The molecule has 94 valence electrons. The summed E-state index contributed by atoms with van der Waals surface area (Å²) < 4.78 is 13.5. The second kappa shape index (κ2) is 6.35. The maximum atomic E-state index is 13.5. The van der Waals surface area contributed by atoms with Crippen molar-refractivity contribution in [2.45, 2.75) is 19.8 Å². The van der Waals surface area contributed by atoms with Crippen LogP contribution in [-0.2, 0) is 4.79 Å². The summed E-state index contributed by atoms with van der Waals surface area (Å²) in [5, 5.41) is 0. The Balaban J connectivity index is 2.85. The van der Waals surface area contributed by atoms with Gasteiger partial charge in [0.2, 0.25) is 5.91 Å². The van der Waals surface area contributed by atoms with E-state index in [2.05, 4.69) is 0 Å². The highest BCUT2D eigenvalue weighted by Crippen LogP contribution is 2.20. The quantitative estimate of drug-likeness (QED) is 0.854. The molecule has 0 spiro atoms. The summed E-state index contributed by atoms with van der Waals surface area (Å²) in [7, 11) is 1.58. The van der Waals surface area contributed by atoms with E-state index in [1.165, 1.54) is 11.0 Å². The third-order valence-corrected chi connectivity index (χ3v) is 2.82. The van der Waals surface area contributed by atoms with Crippen LogP contribution in [-0.4, -0.2) is 19.5 Å². The first-order chi connectivity index (χ1) is 8.11. The van der Waals surface area contributed by atoms with Gasteiger partial charge >= 0.3 is 0 Å². The van der Waals surface area contributed by atoms with Gasteiger partial charge in [-0.25, -0.2) is 4.39 Å². The standard InChI is InChI=1S/C13H19FN2O/c1-3-6-10(9-15)13(17)16(2)12-8-5-4-7-11(12)14/h4-5,7-8,10H,3,6,9,15H2,1-2H3. The summed E-state index contributed by atoms with van der Waals surface area (Å²) >= 11 is 0. The van der Waals surface area contributed by atoms with E-state index < -0.39 is 5.82 Å². The van der Waals surface area contributed by atoms with Crippen LogP contribution in [0.2, 0.25) is 0 Å². The molecule has 0 saturated carbocycles. The number of rotatable bonds is 5. The van der Waals surface area contributed by atoms with Gasteiger partial charge in [-0.1, -0.05) is 25.5 Å². The molecule has 2 N–H and O–H groups in total. The van der Waals surface area contributed by atoms with Gasteiger partial charge in [0.25, 0.3) is 0 Å². The van der Waals surface area contributed by atoms with Crippen molar-refractivity contribution < 1.29 is 9.18 Å². The Kier molecular flexibility index (Phi) is 5.10. The highest BCUT2D eigenvalue weighted by atomic mass is 19.1. The summed E-state index contributed by atoms with van der Waals surface area (Å²) in [4.78, 5) is 13.4. The molecule has 0 radical (unpaired) electrons. The predicted molar refractivity (Wildman–Crippen MR) is 67.3 cm³/mol. The third kappa shape index (κ3) is 3.27. The molecule has 0 aromatic heterocycles. The Hall–Kier alpha value is -1.42. The van der Waals surface area contributed by atoms with Crippen LogP contribution >= 0.6 is 0 Å². The summed E-state index contributed by atoms with van der Waals surface area (Å²) in [6.07, 6.45) is 1.62. The molecule has 3 nitrogen and oxygen atoms in total. The molecule has 0 aliphatic rings. The van der Waals surface area contributed by atoms with Crippen LogP contribution in [0.15, 0.2) is 24.3 Å². The molecule has 17 heavy (non-hydrogen) atoms. The van der Waals surface area contributed by atoms with Gasteiger partial charge in [-0.2, -0.15) is 0 Å². The maximum absolute atomic E-state index is 13.5. The largest absolute Gasteiger partial charge is 0.330 e. The molecule has 0 aliphatic carbocycles. The van der Waals surface area contributed by atoms with Gasteiger partial charge in [0.05, 0.1) is 11.6 Å². The minimum Gasteiger partial charge on any atom is -0.330 e. The first kappa shape index (κ1) is 13.6. The molecule has 1 amide bonds. The van der Waals surface area contributed by atoms with Gasteiger partial charge in [-0.05, 0) is 18.6 Å². The summed E-state index contributed by atoms with van der Waals surface area (Å²) in [6, 6.07) is 6.24. The zero-order chi connectivity index (χ0) is 12.8. The molecular weight excluding hydrogens is 219 g/mol. The molecule has 0 heterocycles. The van der Waals surface area contributed by atoms with Crippen molar-refractivity contribution in [3.05, 3.63) is 30.1 Å². The number of hydrogen-bond donors (Lipinski definition) is 1. The highest BCUT2D eigenvalue weighted by molar-refractivity contribution is 5.94. The van der Waals surface area contributed by atoms with E-state index in [0.29, 0.717) is 12.2 Å². The first-order valence-electron chi connectivity index (χ1n) is 5.84. The average Bonchev–Trinajstić information content (AvgIpc) is 2.35. The smallest absolute Gasteiger partial charge is 0.231 e. The van der Waals surface area contributed by atoms with Gasteiger partial charge in [-0.15, -0.1) is 0 Å². The minimum absolute atomic E-state index is 0.126. The molecule has 1 aromatic carbocycles. The highest BCUT2D eigenvalue weighted by Gasteiger charge is 2.22. The molecule has 1 atom stereocenters. The lowest BCUT2D eigenvalue weighted by Crippen LogP contribution is -2.37. The molecular formula is C13H19FN2O. The summed E-state index contributed by atoms with van der Waals surface area (Å²) in [5.41, 5.74) is 5.87. The molecule has 0 aliphatic heterocycles. The van der Waals surface area contributed by atoms with Crippen LogP contribution in [0, 0.1) is 11.7 Å². The maximum Gasteiger partial charge on any atom is 0.231 e. The van der Waals surface area contributed by atoms with Gasteiger partial charge < -0.3 is 10.6 Å². The number of anilines is 1. The number of amides is 1. The van der Waals surface area contributed by atoms with Crippen LogP contribution in [0.5, 0.6) is 0 Å². The van der Waals surface area contributed by atoms with Crippen molar-refractivity contribution in [3.63, 3.8) is 0 Å². The van der Waals surface area contributed by atoms with E-state index in [1.54, 1.807) is 25.2 Å². The van der Waals surface area contributed by atoms with Crippen LogP contribution in [0.1, 0.15) is 19.8 Å². The zero-order valence-corrected chi connectivity index (χ0v) is 10.3. The van der Waals surface area contributed by atoms with E-state index in [-0.39, 0.29) is 11.8 Å². The van der Waals surface area contributed by atoms with Gasteiger partial charge in [0.15, 0.2) is 0 Å². The molecule has 1 unspecified atom stereocenters. The normalized spacial score (nSPS) is 12.2. The number of carbonyl (C=O) groups excluding carboxylic acids is 1. The Bertz CT molecular complexity index is 381. The monoisotopic (exact) mass is 238 g/mol. The van der Waals surface area contributed by atoms with Crippen LogP contribution in [0.4, 0.5) is 10.1 Å². The fraction of sp³-hybridized carbons (Fsp3) is 0.462. The van der Waals surface area contributed by atoms with Crippen LogP contribution in [0.3, 0.4) is 0 Å². The van der Waals surface area contributed by atoms with Gasteiger partial charge in [-0.3, -0.25) is 4.79 Å². The Morgan fingerprint density at radius 3 is 2.65 bits per heavy atom. The number of hydrogen-bond acceptors (Lipinski definition) is 2. The Labute approximate surface area is 101 Å². The SMILES string of the molecule is CCCC(CN)C(=O)N(C)c1ccccc1F. The van der Waals surface area contributed by atoms with Crippen molar-refractivity contribution in [2.75, 3.05) is 18.5 Å². The topological polar surface area (TPSA) is 46.3 Å². The second-order valence-electron chi connectivity index (χ2n) is 4.07. The first-order valence-corrected chi connectivity index (χ1v) is 5.84. The number of para-hydroxylation sites is 1. The number of nitrogens with two attached hydrogens (primary N) is 1. The van der Waals surface area contributed by atoms with Crippen molar-refractivity contribution in [1.29, 1.82) is 0 Å². The lowest BCUT2D eigenvalue weighted by molar-refractivity contribution is -0.122. The number of benzene rings is 1. The lowest BCUT2D eigenvalue weighted by Gasteiger charge is -2.23. The molecule has 0 fully saturated rings. The van der Waals surface area contributed by atoms with E-state index >= 15 is 0 Å². The lowest BCUT2D eigenvalue weighted by atomic mass is 10.0. The summed E-state index contributed by atoms with van der Waals surface area (Å²) in [6.45, 7) is 2.30. The summed E-state index contributed by atoms with van der Waals surface area (Å²) in [5.74, 6) is -0.750. The average molecular weight is 238 g/mol. The molecule has 4 heteroatoms. The fourth-order valence-corrected chi connectivity index (χ4v) is 1.81. The van der Waals surface area contributed by atoms with Crippen molar-refractivity contribution in [3.8, 4) is 0 Å². The van der Waals surface area contributed by atoms with E-state index in [9.17, 15) is 9.18 Å². The number of nitrogens with zero attached hydrogens (tertiary/aromatic N) is 1. The van der Waals surface area contributed by atoms with Crippen molar-refractivity contribution >= 4 is 11.6 Å².